The monoisotopic (exact) mass is 1470 g/mol. The van der Waals surface area contributed by atoms with Crippen LogP contribution >= 0.6 is 47.8 Å². The Hall–Kier alpha value is -7.36. The molecule has 15 rings (SSSR count). The molecular formula is C92H99Br3Si. The van der Waals surface area contributed by atoms with Gasteiger partial charge < -0.3 is 0 Å². The van der Waals surface area contributed by atoms with Crippen LogP contribution in [0, 0.1) is 65.3 Å². The van der Waals surface area contributed by atoms with Gasteiger partial charge in [0.15, 0.2) is 0 Å². The largest absolute Gasteiger partial charge is 0.140 e. The predicted octanol–water partition coefficient (Wildman–Crippen LogP) is 30.4. The molecule has 0 fully saturated rings. The number of halogens is 3. The van der Waals surface area contributed by atoms with Gasteiger partial charge in [-0.25, -0.2) is 0 Å². The van der Waals surface area contributed by atoms with Crippen molar-refractivity contribution >= 4 is 185 Å². The van der Waals surface area contributed by atoms with E-state index >= 15 is 0 Å². The number of benzene rings is 15. The topological polar surface area (TPSA) is 0 Å². The Morgan fingerprint density at radius 3 is 0.708 bits per heavy atom. The highest BCUT2D eigenvalue weighted by atomic mass is 79.9. The van der Waals surface area contributed by atoms with E-state index in [2.05, 4.69) is 369 Å². The Balaban J connectivity index is 0.000000161. The number of hydrogen-bond acceptors (Lipinski definition) is 0. The molecule has 0 saturated carbocycles. The Bertz CT molecular complexity index is 4970. The van der Waals surface area contributed by atoms with Crippen molar-refractivity contribution in [1.29, 1.82) is 0 Å². The van der Waals surface area contributed by atoms with Gasteiger partial charge in [0.05, 0.1) is 0 Å². The number of alkyl halides is 2. The third-order valence-electron chi connectivity index (χ3n) is 19.6. The molecule has 0 nitrogen and oxygen atoms in total. The summed E-state index contributed by atoms with van der Waals surface area (Å²) in [5, 5.41) is 32.1. The zero-order valence-electron chi connectivity index (χ0n) is 60.9. The first-order chi connectivity index (χ1) is 46.0. The van der Waals surface area contributed by atoms with E-state index in [0.29, 0.717) is 0 Å². The highest BCUT2D eigenvalue weighted by Crippen LogP contribution is 2.41. The third-order valence-corrected chi connectivity index (χ3v) is 25.5. The van der Waals surface area contributed by atoms with Crippen molar-refractivity contribution in [3.8, 4) is 11.5 Å². The summed E-state index contributed by atoms with van der Waals surface area (Å²) in [4.78, 5) is 0. The molecule has 15 aromatic rings. The molecule has 0 amide bonds. The molecule has 4 heteroatoms. The fourth-order valence-electron chi connectivity index (χ4n) is 13.5. The van der Waals surface area contributed by atoms with Crippen LogP contribution < -0.4 is 0 Å². The second-order valence-electron chi connectivity index (χ2n) is 27.0. The molecule has 0 aromatic heterocycles. The average molecular weight is 1470 g/mol. The molecule has 0 aliphatic heterocycles. The van der Waals surface area contributed by atoms with E-state index < -0.39 is 8.07 Å². The first-order valence-electron chi connectivity index (χ1n) is 34.3. The Morgan fingerprint density at radius 2 is 0.490 bits per heavy atom. The van der Waals surface area contributed by atoms with Gasteiger partial charge in [0.2, 0.25) is 0 Å². The van der Waals surface area contributed by atoms with Crippen molar-refractivity contribution in [3.05, 3.63) is 250 Å². The van der Waals surface area contributed by atoms with Gasteiger partial charge in [-0.3, -0.25) is 0 Å². The standard InChI is InChI=1S/C25H20.C24H17Br.C24H18.C13H26Si.2C2H6.2CH3Br/c1-15-8-9-20-13-24-16(2)22-11-18-6-4-5-7-19(18)12-23(22)17(3)25(24)14-21(20)10-15;1-14-21-10-16-5-3-4-6-17(16)11-22(21)15(2)24-13-19-9-20(25)8-7-18(19)12-23(14)24;1-15-21-11-17-7-3-5-9-19(17)13-23(21)16(2)24-14-20-10-6-4-8-18(20)12-22(15)24;1-11(2)14(8,12(3)4)10-9-13(5,6)7;4*1-2/h4-14H,1-3H3;3-13H,1-2H3;3-14H,1-2H3;11-12H,1-8H3;2*1-2H3;2*1H3. The highest BCUT2D eigenvalue weighted by molar-refractivity contribution is 9.10. The van der Waals surface area contributed by atoms with Crippen LogP contribution in [-0.2, 0) is 0 Å². The zero-order valence-corrected chi connectivity index (χ0v) is 66.7. The summed E-state index contributed by atoms with van der Waals surface area (Å²) in [6, 6.07) is 76.0. The number of hydrogen-bond donors (Lipinski definition) is 0. The molecule has 0 spiro atoms. The lowest BCUT2D eigenvalue weighted by atomic mass is 9.89. The number of rotatable bonds is 2. The Labute approximate surface area is 600 Å². The van der Waals surface area contributed by atoms with E-state index in [1.807, 2.05) is 39.4 Å². The van der Waals surface area contributed by atoms with Crippen LogP contribution in [0.4, 0.5) is 0 Å². The number of fused-ring (bicyclic) bond motifs is 12. The van der Waals surface area contributed by atoms with E-state index in [1.54, 1.807) is 0 Å². The molecule has 0 saturated heterocycles. The van der Waals surface area contributed by atoms with Crippen molar-refractivity contribution in [2.24, 2.45) is 5.41 Å². The fraction of sp³-hybridized carbons (Fsp3) is 0.261. The van der Waals surface area contributed by atoms with Gasteiger partial charge in [0, 0.05) is 9.89 Å². The maximum Gasteiger partial charge on any atom is 0.140 e. The minimum absolute atomic E-state index is 0.151. The highest BCUT2D eigenvalue weighted by Gasteiger charge is 2.33. The molecular weight excluding hydrogens is 1370 g/mol. The van der Waals surface area contributed by atoms with E-state index in [1.165, 1.54) is 168 Å². The molecule has 0 aliphatic rings. The van der Waals surface area contributed by atoms with Crippen molar-refractivity contribution in [1.82, 2.24) is 0 Å². The van der Waals surface area contributed by atoms with Gasteiger partial charge in [-0.2, -0.15) is 0 Å². The van der Waals surface area contributed by atoms with Crippen LogP contribution in [0.1, 0.15) is 115 Å². The van der Waals surface area contributed by atoms with Crippen molar-refractivity contribution in [2.75, 3.05) is 11.7 Å². The first-order valence-corrected chi connectivity index (χ1v) is 40.9. The van der Waals surface area contributed by atoms with Crippen LogP contribution in [-0.4, -0.2) is 19.7 Å². The molecule has 15 aromatic carbocycles. The lowest BCUT2D eigenvalue weighted by molar-refractivity contribution is 0.571. The quantitative estimate of drug-likeness (QED) is 0.0700. The fourth-order valence-corrected chi connectivity index (χ4v) is 16.5. The maximum atomic E-state index is 3.62. The zero-order chi connectivity index (χ0) is 70.1. The summed E-state index contributed by atoms with van der Waals surface area (Å²) in [5.74, 6) is 7.06. The van der Waals surface area contributed by atoms with Gasteiger partial charge >= 0.3 is 0 Å². The summed E-state index contributed by atoms with van der Waals surface area (Å²) in [6.07, 6.45) is 0. The molecule has 0 aliphatic carbocycles. The van der Waals surface area contributed by atoms with Gasteiger partial charge in [-0.15, -0.1) is 11.5 Å². The SMILES string of the molecule is CBr.CBr.CC.CC.CC(C)[Si](C)(C#CC(C)(C)C)C(C)C.Cc1c2cc3ccccc3cc2c(C)c2cc3cc(Br)ccc3cc12.Cc1c2cc3ccccc3cc2c(C)c2cc3ccccc3cc12.Cc1ccc2cc3c(C)c4cc5ccccc5cc4c(C)c3cc2c1. The normalized spacial score (nSPS) is 11.2. The van der Waals surface area contributed by atoms with Crippen LogP contribution in [0.3, 0.4) is 0 Å². The summed E-state index contributed by atoms with van der Waals surface area (Å²) in [6.45, 7) is 42.0. The van der Waals surface area contributed by atoms with Gasteiger partial charge in [-0.1, -0.05) is 237 Å². The molecule has 0 heterocycles. The third kappa shape index (κ3) is 15.6. The van der Waals surface area contributed by atoms with E-state index in [0.717, 1.165) is 15.6 Å². The summed E-state index contributed by atoms with van der Waals surface area (Å²) in [7, 11) is -1.38. The lowest BCUT2D eigenvalue weighted by Gasteiger charge is -2.30. The second kappa shape index (κ2) is 32.3. The molecule has 96 heavy (non-hydrogen) atoms. The van der Waals surface area contributed by atoms with E-state index in [4.69, 9.17) is 0 Å². The van der Waals surface area contributed by atoms with E-state index in [9.17, 15) is 0 Å². The molecule has 0 unspecified atom stereocenters. The van der Waals surface area contributed by atoms with E-state index in [-0.39, 0.29) is 5.41 Å². The van der Waals surface area contributed by atoms with Gasteiger partial charge in [0.1, 0.15) is 8.07 Å². The van der Waals surface area contributed by atoms with Crippen molar-refractivity contribution in [2.45, 2.75) is 142 Å². The molecule has 0 radical (unpaired) electrons. The predicted molar refractivity (Wildman–Crippen MR) is 452 cm³/mol. The summed E-state index contributed by atoms with van der Waals surface area (Å²) >= 11 is 9.47. The second-order valence-corrected chi connectivity index (χ2v) is 33.0. The van der Waals surface area contributed by atoms with Crippen LogP contribution in [0.5, 0.6) is 0 Å². The number of aryl methyl sites for hydroxylation is 7. The molecule has 492 valence electrons. The van der Waals surface area contributed by atoms with Crippen molar-refractivity contribution < 1.29 is 0 Å². The van der Waals surface area contributed by atoms with Crippen molar-refractivity contribution in [3.63, 3.8) is 0 Å². The molecule has 0 atom stereocenters. The Morgan fingerprint density at radius 1 is 0.292 bits per heavy atom. The van der Waals surface area contributed by atoms with Crippen LogP contribution in [0.15, 0.2) is 211 Å². The van der Waals surface area contributed by atoms with Gasteiger partial charge in [-0.05, 0) is 340 Å². The molecule has 0 bridgehead atoms. The smallest absolute Gasteiger partial charge is 0.130 e. The molecule has 0 N–H and O–H groups in total. The Kier molecular flexibility index (Phi) is 25.1. The van der Waals surface area contributed by atoms with Crippen LogP contribution in [0.25, 0.3) is 129 Å². The van der Waals surface area contributed by atoms with Crippen LogP contribution in [0.2, 0.25) is 17.6 Å². The minimum Gasteiger partial charge on any atom is -0.130 e. The first kappa shape index (κ1) is 74.4. The summed E-state index contributed by atoms with van der Waals surface area (Å²) in [5.41, 5.74) is 14.8. The van der Waals surface area contributed by atoms with Gasteiger partial charge in [0.25, 0.3) is 0 Å². The maximum absolute atomic E-state index is 3.62. The summed E-state index contributed by atoms with van der Waals surface area (Å²) < 4.78 is 1.13. The average Bonchev–Trinajstić information content (AvgIpc) is 0.756. The lowest BCUT2D eigenvalue weighted by Crippen LogP contribution is -2.36. The minimum atomic E-state index is -1.38.